The molecular formula is C21H19NO5S2. The summed E-state index contributed by atoms with van der Waals surface area (Å²) in [5.74, 6) is -1.61. The third-order valence-corrected chi connectivity index (χ3v) is 6.94. The number of hydrogen-bond donors (Lipinski definition) is 2. The van der Waals surface area contributed by atoms with E-state index in [2.05, 4.69) is 10.1 Å². The van der Waals surface area contributed by atoms with Crippen molar-refractivity contribution < 1.29 is 22.7 Å². The number of hydrogen-bond acceptors (Lipinski definition) is 5. The number of carbonyl (C=O) groups is 1. The minimum atomic E-state index is -4.01. The van der Waals surface area contributed by atoms with Gasteiger partial charge in [0, 0.05) is 16.8 Å². The van der Waals surface area contributed by atoms with E-state index >= 15 is 0 Å². The van der Waals surface area contributed by atoms with Crippen molar-refractivity contribution in [1.29, 1.82) is 0 Å². The number of aliphatic carboxylic acids is 1. The molecule has 2 aromatic heterocycles. The van der Waals surface area contributed by atoms with Gasteiger partial charge in [0.05, 0.1) is 4.90 Å². The summed E-state index contributed by atoms with van der Waals surface area (Å²) in [6, 6.07) is 11.3. The molecule has 4 rings (SSSR count). The topological polar surface area (TPSA) is 96.6 Å². The predicted molar refractivity (Wildman–Crippen MR) is 114 cm³/mol. The zero-order chi connectivity index (χ0) is 20.8. The van der Waals surface area contributed by atoms with Gasteiger partial charge in [-0.05, 0) is 58.1 Å². The number of rotatable bonds is 6. The molecule has 0 radical (unpaired) electrons. The fraction of sp³-hybridized carbons (Fsp3) is 0.190. The van der Waals surface area contributed by atoms with Gasteiger partial charge in [0.15, 0.2) is 0 Å². The van der Waals surface area contributed by atoms with E-state index in [-0.39, 0.29) is 4.90 Å². The molecule has 4 aromatic rings. The standard InChI is InChI=1S/C21H19NO5S2/c1-12(2)20(21(23)24)22-29(25,26)15-4-5-16-17-9-13(14-7-8-28-11-14)3-6-18(17)27-19(16)10-15/h3-12,20,22H,1-2H3,(H,23,24)/t20-/m0/s1. The van der Waals surface area contributed by atoms with Crippen LogP contribution in [0.5, 0.6) is 0 Å². The van der Waals surface area contributed by atoms with Crippen molar-refractivity contribution in [2.75, 3.05) is 0 Å². The lowest BCUT2D eigenvalue weighted by Crippen LogP contribution is -2.44. The first kappa shape index (κ1) is 19.6. The van der Waals surface area contributed by atoms with E-state index in [1.807, 2.05) is 29.6 Å². The normalized spacial score (nSPS) is 13.3. The summed E-state index contributed by atoms with van der Waals surface area (Å²) in [6.07, 6.45) is 0. The van der Waals surface area contributed by atoms with E-state index < -0.39 is 28.0 Å². The minimum Gasteiger partial charge on any atom is -0.480 e. The summed E-state index contributed by atoms with van der Waals surface area (Å²) in [4.78, 5) is 11.3. The molecular weight excluding hydrogens is 410 g/mol. The summed E-state index contributed by atoms with van der Waals surface area (Å²) >= 11 is 1.62. The number of furan rings is 1. The largest absolute Gasteiger partial charge is 0.480 e. The average Bonchev–Trinajstić information content (AvgIpc) is 3.32. The van der Waals surface area contributed by atoms with Crippen molar-refractivity contribution in [3.05, 3.63) is 53.2 Å². The van der Waals surface area contributed by atoms with Crippen LogP contribution in [0.4, 0.5) is 0 Å². The van der Waals surface area contributed by atoms with Crippen LogP contribution < -0.4 is 4.72 Å². The lowest BCUT2D eigenvalue weighted by molar-refractivity contribution is -0.140. The SMILES string of the molecule is CC(C)[C@H](NS(=O)(=O)c1ccc2c(c1)oc1ccc(-c3ccsc3)cc12)C(=O)O. The number of thiophene rings is 1. The van der Waals surface area contributed by atoms with Crippen LogP contribution in [0.15, 0.2) is 62.5 Å². The Morgan fingerprint density at radius 1 is 1.03 bits per heavy atom. The van der Waals surface area contributed by atoms with Gasteiger partial charge in [0.1, 0.15) is 17.2 Å². The van der Waals surface area contributed by atoms with Crippen LogP contribution in [0, 0.1) is 5.92 Å². The van der Waals surface area contributed by atoms with Crippen LogP contribution in [0.3, 0.4) is 0 Å². The number of benzene rings is 2. The first-order valence-corrected chi connectivity index (χ1v) is 11.4. The van der Waals surface area contributed by atoms with Crippen molar-refractivity contribution in [3.8, 4) is 11.1 Å². The Hall–Kier alpha value is -2.68. The fourth-order valence-corrected chi connectivity index (χ4v) is 5.26. The number of carboxylic acid groups (broad SMARTS) is 1. The van der Waals surface area contributed by atoms with Crippen LogP contribution in [0.1, 0.15) is 13.8 Å². The van der Waals surface area contributed by atoms with E-state index in [1.54, 1.807) is 31.3 Å². The van der Waals surface area contributed by atoms with Gasteiger partial charge >= 0.3 is 5.97 Å². The number of carboxylic acids is 1. The highest BCUT2D eigenvalue weighted by Crippen LogP contribution is 2.34. The maximum atomic E-state index is 12.7. The summed E-state index contributed by atoms with van der Waals surface area (Å²) in [5.41, 5.74) is 3.26. The van der Waals surface area contributed by atoms with Crippen molar-refractivity contribution in [3.63, 3.8) is 0 Å². The van der Waals surface area contributed by atoms with Crippen LogP contribution in [-0.2, 0) is 14.8 Å². The Morgan fingerprint density at radius 2 is 1.83 bits per heavy atom. The minimum absolute atomic E-state index is 0.0333. The summed E-state index contributed by atoms with van der Waals surface area (Å²) in [5, 5.41) is 15.1. The highest BCUT2D eigenvalue weighted by molar-refractivity contribution is 7.89. The molecule has 0 saturated carbocycles. The highest BCUT2D eigenvalue weighted by Gasteiger charge is 2.28. The molecule has 0 fully saturated rings. The summed E-state index contributed by atoms with van der Waals surface area (Å²) < 4.78 is 33.5. The fourth-order valence-electron chi connectivity index (χ4n) is 3.24. The molecule has 0 aliphatic carbocycles. The number of nitrogens with one attached hydrogen (secondary N) is 1. The molecule has 2 aromatic carbocycles. The Kier molecular flexibility index (Phi) is 4.94. The summed E-state index contributed by atoms with van der Waals surface area (Å²) in [6.45, 7) is 3.30. The van der Waals surface area contributed by atoms with E-state index in [9.17, 15) is 18.3 Å². The first-order valence-electron chi connectivity index (χ1n) is 9.00. The Bertz CT molecular complexity index is 1300. The average molecular weight is 430 g/mol. The third-order valence-electron chi connectivity index (χ3n) is 4.82. The second-order valence-corrected chi connectivity index (χ2v) is 9.66. The van der Waals surface area contributed by atoms with E-state index in [0.29, 0.717) is 11.2 Å². The molecule has 1 atom stereocenters. The van der Waals surface area contributed by atoms with Crippen LogP contribution >= 0.6 is 11.3 Å². The van der Waals surface area contributed by atoms with Crippen LogP contribution in [-0.4, -0.2) is 25.5 Å². The maximum Gasteiger partial charge on any atom is 0.322 e. The Morgan fingerprint density at radius 3 is 2.48 bits per heavy atom. The van der Waals surface area contributed by atoms with Crippen LogP contribution in [0.25, 0.3) is 33.1 Å². The molecule has 6 nitrogen and oxygen atoms in total. The van der Waals surface area contributed by atoms with Gasteiger partial charge in [-0.3, -0.25) is 4.79 Å². The molecule has 150 valence electrons. The summed E-state index contributed by atoms with van der Waals surface area (Å²) in [7, 11) is -4.01. The first-order chi connectivity index (χ1) is 13.8. The Balaban J connectivity index is 1.76. The van der Waals surface area contributed by atoms with E-state index in [1.165, 1.54) is 12.1 Å². The molecule has 0 saturated heterocycles. The van der Waals surface area contributed by atoms with Gasteiger partial charge in [-0.15, -0.1) is 0 Å². The van der Waals surface area contributed by atoms with Gasteiger partial charge < -0.3 is 9.52 Å². The van der Waals surface area contributed by atoms with Crippen molar-refractivity contribution >= 4 is 49.3 Å². The third kappa shape index (κ3) is 3.66. The zero-order valence-electron chi connectivity index (χ0n) is 15.7. The van der Waals surface area contributed by atoms with Crippen LogP contribution in [0.2, 0.25) is 0 Å². The molecule has 0 bridgehead atoms. The van der Waals surface area contributed by atoms with Gasteiger partial charge in [0.25, 0.3) is 0 Å². The second-order valence-electron chi connectivity index (χ2n) is 7.16. The zero-order valence-corrected chi connectivity index (χ0v) is 17.4. The second kappa shape index (κ2) is 7.29. The lowest BCUT2D eigenvalue weighted by Gasteiger charge is -2.17. The molecule has 0 aliphatic rings. The number of sulfonamides is 1. The lowest BCUT2D eigenvalue weighted by atomic mass is 10.1. The molecule has 0 spiro atoms. The molecule has 2 N–H and O–H groups in total. The van der Waals surface area contributed by atoms with Crippen molar-refractivity contribution in [2.45, 2.75) is 24.8 Å². The molecule has 0 aliphatic heterocycles. The van der Waals surface area contributed by atoms with Crippen molar-refractivity contribution in [1.82, 2.24) is 4.72 Å². The van der Waals surface area contributed by atoms with E-state index in [4.69, 9.17) is 4.42 Å². The smallest absolute Gasteiger partial charge is 0.322 e. The van der Waals surface area contributed by atoms with Gasteiger partial charge in [-0.2, -0.15) is 16.1 Å². The molecule has 8 heteroatoms. The van der Waals surface area contributed by atoms with Gasteiger partial charge in [-0.1, -0.05) is 19.9 Å². The molecule has 0 unspecified atom stereocenters. The Labute approximate surface area is 171 Å². The number of fused-ring (bicyclic) bond motifs is 3. The maximum absolute atomic E-state index is 12.7. The van der Waals surface area contributed by atoms with E-state index in [0.717, 1.165) is 21.9 Å². The van der Waals surface area contributed by atoms with Gasteiger partial charge in [-0.25, -0.2) is 8.42 Å². The predicted octanol–water partition coefficient (Wildman–Crippen LogP) is 4.70. The molecule has 0 amide bonds. The quantitative estimate of drug-likeness (QED) is 0.463. The molecule has 29 heavy (non-hydrogen) atoms. The highest BCUT2D eigenvalue weighted by atomic mass is 32.2. The molecule has 2 heterocycles. The van der Waals surface area contributed by atoms with Gasteiger partial charge in [0.2, 0.25) is 10.0 Å². The van der Waals surface area contributed by atoms with Crippen molar-refractivity contribution in [2.24, 2.45) is 5.92 Å². The monoisotopic (exact) mass is 429 g/mol.